The van der Waals surface area contributed by atoms with Crippen LogP contribution in [0.2, 0.25) is 0 Å². The Balaban J connectivity index is 2.15. The number of hydrogen-bond donors (Lipinski definition) is 1. The Morgan fingerprint density at radius 3 is 2.41 bits per heavy atom. The van der Waals surface area contributed by atoms with Gasteiger partial charge in [0.25, 0.3) is 0 Å². The van der Waals surface area contributed by atoms with Gasteiger partial charge in [-0.2, -0.15) is 0 Å². The summed E-state index contributed by atoms with van der Waals surface area (Å²) in [5, 5.41) is 8.91. The van der Waals surface area contributed by atoms with Gasteiger partial charge in [0.05, 0.1) is 6.42 Å². The maximum absolute atomic E-state index is 12.8. The molecule has 0 unspecified atom stereocenters. The fourth-order valence-corrected chi connectivity index (χ4v) is 2.06. The topological polar surface area (TPSA) is 63.6 Å². The summed E-state index contributed by atoms with van der Waals surface area (Å²) in [5.41, 5.74) is 1.57. The average molecular weight is 302 g/mol. The predicted molar refractivity (Wildman–Crippen MR) is 78.5 cm³/mol. The first-order chi connectivity index (χ1) is 10.5. The number of carboxylic acid groups (broad SMARTS) is 1. The van der Waals surface area contributed by atoms with E-state index in [4.69, 9.17) is 9.84 Å². The van der Waals surface area contributed by atoms with Crippen molar-refractivity contribution in [2.45, 2.75) is 20.0 Å². The summed E-state index contributed by atoms with van der Waals surface area (Å²) in [4.78, 5) is 22.4. The molecule has 0 atom stereocenters. The van der Waals surface area contributed by atoms with Crippen molar-refractivity contribution in [3.63, 3.8) is 0 Å². The van der Waals surface area contributed by atoms with Gasteiger partial charge in [-0.25, -0.2) is 4.39 Å². The highest BCUT2D eigenvalue weighted by molar-refractivity contribution is 5.96. The third-order valence-electron chi connectivity index (χ3n) is 3.12. The Bertz CT molecular complexity index is 692. The molecule has 1 N–H and O–H groups in total. The van der Waals surface area contributed by atoms with Crippen LogP contribution in [0, 0.1) is 5.82 Å². The van der Waals surface area contributed by atoms with Crippen molar-refractivity contribution in [1.29, 1.82) is 0 Å². The van der Waals surface area contributed by atoms with Gasteiger partial charge in [0.2, 0.25) is 0 Å². The number of halogens is 1. The second-order valence-electron chi connectivity index (χ2n) is 4.86. The van der Waals surface area contributed by atoms with Gasteiger partial charge < -0.3 is 9.84 Å². The minimum absolute atomic E-state index is 0.193. The lowest BCUT2D eigenvalue weighted by atomic mass is 10.0. The second-order valence-corrected chi connectivity index (χ2v) is 4.86. The molecule has 2 aromatic carbocycles. The quantitative estimate of drug-likeness (QED) is 0.832. The SMILES string of the molecule is CC(=O)c1ccc(OCc2ccc(F)cc2)cc1CC(=O)O. The summed E-state index contributed by atoms with van der Waals surface area (Å²) in [6.45, 7) is 1.62. The number of aliphatic carboxylic acids is 1. The van der Waals surface area contributed by atoms with Crippen LogP contribution in [0.3, 0.4) is 0 Å². The number of hydrogen-bond acceptors (Lipinski definition) is 3. The largest absolute Gasteiger partial charge is 0.489 e. The number of Topliss-reactive ketones (excluding diaryl/α,β-unsaturated/α-hetero) is 1. The molecule has 5 heteroatoms. The van der Waals surface area contributed by atoms with Crippen LogP contribution in [0.5, 0.6) is 5.75 Å². The number of benzene rings is 2. The van der Waals surface area contributed by atoms with Crippen LogP contribution in [-0.2, 0) is 17.8 Å². The van der Waals surface area contributed by atoms with Gasteiger partial charge in [0, 0.05) is 5.56 Å². The molecule has 0 bridgehead atoms. The minimum atomic E-state index is -1.02. The lowest BCUT2D eigenvalue weighted by Crippen LogP contribution is -2.07. The number of ketones is 1. The molecule has 0 fully saturated rings. The van der Waals surface area contributed by atoms with Crippen LogP contribution in [0.4, 0.5) is 4.39 Å². The van der Waals surface area contributed by atoms with Gasteiger partial charge in [0.15, 0.2) is 5.78 Å². The molecule has 22 heavy (non-hydrogen) atoms. The van der Waals surface area contributed by atoms with Crippen molar-refractivity contribution in [2.75, 3.05) is 0 Å². The Kier molecular flexibility index (Phi) is 4.88. The van der Waals surface area contributed by atoms with Crippen LogP contribution in [0.1, 0.15) is 28.4 Å². The normalized spacial score (nSPS) is 10.3. The van der Waals surface area contributed by atoms with Crippen molar-refractivity contribution < 1.29 is 23.8 Å². The Hall–Kier alpha value is -2.69. The van der Waals surface area contributed by atoms with Crippen LogP contribution < -0.4 is 4.74 Å². The first-order valence-corrected chi connectivity index (χ1v) is 6.68. The summed E-state index contributed by atoms with van der Waals surface area (Å²) in [7, 11) is 0. The van der Waals surface area contributed by atoms with E-state index in [1.807, 2.05) is 0 Å². The molecular weight excluding hydrogens is 287 g/mol. The van der Waals surface area contributed by atoms with E-state index in [-0.39, 0.29) is 24.6 Å². The summed E-state index contributed by atoms with van der Waals surface area (Å²) < 4.78 is 18.4. The molecule has 0 radical (unpaired) electrons. The van der Waals surface area contributed by atoms with E-state index < -0.39 is 5.97 Å². The van der Waals surface area contributed by atoms with Crippen LogP contribution >= 0.6 is 0 Å². The molecule has 0 heterocycles. The van der Waals surface area contributed by atoms with Crippen molar-refractivity contribution in [3.05, 3.63) is 65.0 Å². The minimum Gasteiger partial charge on any atom is -0.489 e. The number of rotatable bonds is 6. The molecule has 4 nitrogen and oxygen atoms in total. The summed E-state index contributed by atoms with van der Waals surface area (Å²) >= 11 is 0. The molecule has 0 amide bonds. The number of carbonyl (C=O) groups is 2. The summed E-state index contributed by atoms with van der Waals surface area (Å²) in [5.74, 6) is -1.07. The Morgan fingerprint density at radius 1 is 1.14 bits per heavy atom. The first-order valence-electron chi connectivity index (χ1n) is 6.68. The average Bonchev–Trinajstić information content (AvgIpc) is 2.46. The van der Waals surface area contributed by atoms with E-state index in [1.54, 1.807) is 30.3 Å². The van der Waals surface area contributed by atoms with Crippen molar-refractivity contribution in [3.8, 4) is 5.75 Å². The van der Waals surface area contributed by atoms with Crippen molar-refractivity contribution in [1.82, 2.24) is 0 Å². The highest BCUT2D eigenvalue weighted by Crippen LogP contribution is 2.20. The standard InChI is InChI=1S/C17H15FO4/c1-11(19)16-7-6-15(8-13(16)9-17(20)21)22-10-12-2-4-14(18)5-3-12/h2-8H,9-10H2,1H3,(H,20,21). The monoisotopic (exact) mass is 302 g/mol. The third kappa shape index (κ3) is 4.15. The molecule has 2 aromatic rings. The molecule has 0 aliphatic rings. The number of ether oxygens (including phenoxy) is 1. The highest BCUT2D eigenvalue weighted by Gasteiger charge is 2.12. The molecule has 0 spiro atoms. The maximum Gasteiger partial charge on any atom is 0.307 e. The van der Waals surface area contributed by atoms with E-state index in [2.05, 4.69) is 0 Å². The molecular formula is C17H15FO4. The third-order valence-corrected chi connectivity index (χ3v) is 3.12. The fraction of sp³-hybridized carbons (Fsp3) is 0.176. The van der Waals surface area contributed by atoms with Crippen molar-refractivity contribution in [2.24, 2.45) is 0 Å². The van der Waals surface area contributed by atoms with Crippen molar-refractivity contribution >= 4 is 11.8 Å². The molecule has 0 aliphatic heterocycles. The van der Waals surface area contributed by atoms with Gasteiger partial charge in [-0.05, 0) is 48.4 Å². The van der Waals surface area contributed by atoms with Crippen LogP contribution in [0.25, 0.3) is 0 Å². The lowest BCUT2D eigenvalue weighted by molar-refractivity contribution is -0.136. The van der Waals surface area contributed by atoms with Gasteiger partial charge in [0.1, 0.15) is 18.2 Å². The lowest BCUT2D eigenvalue weighted by Gasteiger charge is -2.10. The molecule has 0 saturated carbocycles. The maximum atomic E-state index is 12.8. The van der Waals surface area contributed by atoms with Gasteiger partial charge >= 0.3 is 5.97 Å². The predicted octanol–water partition coefficient (Wildman–Crippen LogP) is 3.23. The van der Waals surface area contributed by atoms with E-state index in [0.717, 1.165) is 5.56 Å². The summed E-state index contributed by atoms with van der Waals surface area (Å²) in [6.07, 6.45) is -0.247. The molecule has 2 rings (SSSR count). The van der Waals surface area contributed by atoms with E-state index in [0.29, 0.717) is 16.9 Å². The zero-order valence-electron chi connectivity index (χ0n) is 12.0. The Labute approximate surface area is 127 Å². The Morgan fingerprint density at radius 2 is 1.82 bits per heavy atom. The van der Waals surface area contributed by atoms with E-state index in [9.17, 15) is 14.0 Å². The van der Waals surface area contributed by atoms with Crippen LogP contribution in [-0.4, -0.2) is 16.9 Å². The highest BCUT2D eigenvalue weighted by atomic mass is 19.1. The van der Waals surface area contributed by atoms with Crippen LogP contribution in [0.15, 0.2) is 42.5 Å². The fourth-order valence-electron chi connectivity index (χ4n) is 2.06. The number of carboxylic acids is 1. The molecule has 0 aliphatic carbocycles. The van der Waals surface area contributed by atoms with Gasteiger partial charge in [-0.15, -0.1) is 0 Å². The second kappa shape index (κ2) is 6.85. The molecule has 114 valence electrons. The number of carbonyl (C=O) groups excluding carboxylic acids is 1. The summed E-state index contributed by atoms with van der Waals surface area (Å²) in [6, 6.07) is 10.6. The molecule has 0 saturated heterocycles. The molecule has 0 aromatic heterocycles. The van der Waals surface area contributed by atoms with Gasteiger partial charge in [-0.3, -0.25) is 9.59 Å². The first kappa shape index (κ1) is 15.7. The van der Waals surface area contributed by atoms with Gasteiger partial charge in [-0.1, -0.05) is 12.1 Å². The smallest absolute Gasteiger partial charge is 0.307 e. The zero-order chi connectivity index (χ0) is 16.1. The van der Waals surface area contributed by atoms with E-state index >= 15 is 0 Å². The van der Waals surface area contributed by atoms with E-state index in [1.165, 1.54) is 19.1 Å². The zero-order valence-corrected chi connectivity index (χ0v) is 12.0.